The molecule has 1 aromatic carbocycles. The molecule has 0 aliphatic carbocycles. The normalized spacial score (nSPS) is 19.4. The van der Waals surface area contributed by atoms with Crippen molar-refractivity contribution in [2.75, 3.05) is 48.0 Å². The van der Waals surface area contributed by atoms with E-state index < -0.39 is 5.54 Å². The molecule has 2 heterocycles. The average molecular weight is 388 g/mol. The summed E-state index contributed by atoms with van der Waals surface area (Å²) < 4.78 is 12.2. The second-order valence-electron chi connectivity index (χ2n) is 7.24. The lowest BCUT2D eigenvalue weighted by Gasteiger charge is -2.34. The number of ether oxygens (including phenoxy) is 2. The maximum atomic E-state index is 12.9. The summed E-state index contributed by atoms with van der Waals surface area (Å²) in [5.74, 6) is 1.62. The summed E-state index contributed by atoms with van der Waals surface area (Å²) in [5, 5.41) is 12.3. The number of carbonyl (C=O) groups is 1. The SMILES string of the molecule is COCCn1nnnc1C1(N(C)C)CCN(C(=O)Cc2cccc(OC)c2)C1. The van der Waals surface area contributed by atoms with E-state index in [0.717, 1.165) is 23.6 Å². The number of nitrogens with zero attached hydrogens (tertiary/aromatic N) is 6. The van der Waals surface area contributed by atoms with Crippen LogP contribution in [0.3, 0.4) is 0 Å². The number of likely N-dealkylation sites (tertiary alicyclic amines) is 1. The minimum atomic E-state index is -0.415. The number of methoxy groups -OCH3 is 2. The number of likely N-dealkylation sites (N-methyl/N-ethyl adjacent to an activating group) is 1. The van der Waals surface area contributed by atoms with Crippen LogP contribution in [0.1, 0.15) is 17.8 Å². The van der Waals surface area contributed by atoms with Crippen LogP contribution in [0.4, 0.5) is 0 Å². The Bertz CT molecular complexity index is 808. The molecule has 0 radical (unpaired) electrons. The number of aromatic nitrogens is 4. The van der Waals surface area contributed by atoms with Crippen LogP contribution in [-0.2, 0) is 28.0 Å². The van der Waals surface area contributed by atoms with Crippen molar-refractivity contribution in [2.45, 2.75) is 24.9 Å². The zero-order chi connectivity index (χ0) is 20.1. The number of hydrogen-bond donors (Lipinski definition) is 0. The van der Waals surface area contributed by atoms with Gasteiger partial charge in [-0.05, 0) is 48.6 Å². The van der Waals surface area contributed by atoms with Crippen molar-refractivity contribution in [3.8, 4) is 5.75 Å². The average Bonchev–Trinajstić information content (AvgIpc) is 3.34. The van der Waals surface area contributed by atoms with Crippen LogP contribution in [-0.4, -0.2) is 83.9 Å². The van der Waals surface area contributed by atoms with Gasteiger partial charge in [-0.15, -0.1) is 5.10 Å². The molecule has 0 saturated carbocycles. The van der Waals surface area contributed by atoms with Crippen LogP contribution in [0.15, 0.2) is 24.3 Å². The van der Waals surface area contributed by atoms with Crippen molar-refractivity contribution in [1.29, 1.82) is 0 Å². The molecule has 28 heavy (non-hydrogen) atoms. The van der Waals surface area contributed by atoms with Gasteiger partial charge in [0.25, 0.3) is 0 Å². The number of carbonyl (C=O) groups excluding carboxylic acids is 1. The predicted molar refractivity (Wildman–Crippen MR) is 103 cm³/mol. The zero-order valence-electron chi connectivity index (χ0n) is 17.0. The highest BCUT2D eigenvalue weighted by Gasteiger charge is 2.47. The third-order valence-corrected chi connectivity index (χ3v) is 5.40. The lowest BCUT2D eigenvalue weighted by atomic mass is 9.96. The maximum Gasteiger partial charge on any atom is 0.227 e. The van der Waals surface area contributed by atoms with E-state index in [1.165, 1.54) is 0 Å². The molecule has 2 aromatic rings. The molecule has 0 bridgehead atoms. The highest BCUT2D eigenvalue weighted by molar-refractivity contribution is 5.79. The van der Waals surface area contributed by atoms with Gasteiger partial charge in [-0.1, -0.05) is 12.1 Å². The summed E-state index contributed by atoms with van der Waals surface area (Å²) in [5.41, 5.74) is 0.526. The molecule has 1 saturated heterocycles. The fourth-order valence-electron chi connectivity index (χ4n) is 3.69. The van der Waals surface area contributed by atoms with Crippen LogP contribution in [0, 0.1) is 0 Å². The molecule has 1 aromatic heterocycles. The second kappa shape index (κ2) is 8.66. The Morgan fingerprint density at radius 2 is 2.14 bits per heavy atom. The Labute approximate surface area is 165 Å². The molecule has 1 atom stereocenters. The predicted octanol–water partition coefficient (Wildman–Crippen LogP) is 0.560. The molecule has 9 nitrogen and oxygen atoms in total. The standard InChI is InChI=1S/C19H28N6O3/c1-23(2)19(18-20-21-22-25(18)10-11-27-3)8-9-24(14-19)17(26)13-15-6-5-7-16(12-15)28-4/h5-7,12H,8-11,13-14H2,1-4H3. The molecule has 1 unspecified atom stereocenters. The zero-order valence-corrected chi connectivity index (χ0v) is 17.0. The van der Waals surface area contributed by atoms with Gasteiger partial charge in [0.15, 0.2) is 5.82 Å². The first kappa shape index (κ1) is 20.2. The molecule has 9 heteroatoms. The van der Waals surface area contributed by atoms with Crippen LogP contribution >= 0.6 is 0 Å². The van der Waals surface area contributed by atoms with Gasteiger partial charge < -0.3 is 14.4 Å². The van der Waals surface area contributed by atoms with Gasteiger partial charge in [0.2, 0.25) is 5.91 Å². The first-order valence-corrected chi connectivity index (χ1v) is 9.34. The fourth-order valence-corrected chi connectivity index (χ4v) is 3.69. The van der Waals surface area contributed by atoms with Crippen LogP contribution in [0.5, 0.6) is 5.75 Å². The van der Waals surface area contributed by atoms with Gasteiger partial charge in [-0.3, -0.25) is 9.69 Å². The third-order valence-electron chi connectivity index (χ3n) is 5.40. The van der Waals surface area contributed by atoms with Crippen molar-refractivity contribution < 1.29 is 14.3 Å². The van der Waals surface area contributed by atoms with E-state index in [1.807, 2.05) is 43.3 Å². The molecule has 0 N–H and O–H groups in total. The summed E-state index contributed by atoms with van der Waals surface area (Å²) in [6.45, 7) is 2.32. The van der Waals surface area contributed by atoms with Gasteiger partial charge >= 0.3 is 0 Å². The van der Waals surface area contributed by atoms with E-state index >= 15 is 0 Å². The van der Waals surface area contributed by atoms with Crippen molar-refractivity contribution in [3.63, 3.8) is 0 Å². The minimum Gasteiger partial charge on any atom is -0.497 e. The topological polar surface area (TPSA) is 85.6 Å². The van der Waals surface area contributed by atoms with E-state index in [2.05, 4.69) is 20.4 Å². The van der Waals surface area contributed by atoms with Gasteiger partial charge in [0.05, 0.1) is 26.7 Å². The van der Waals surface area contributed by atoms with E-state index in [0.29, 0.717) is 32.7 Å². The first-order chi connectivity index (χ1) is 13.5. The molecule has 3 rings (SSSR count). The smallest absolute Gasteiger partial charge is 0.227 e. The van der Waals surface area contributed by atoms with Crippen molar-refractivity contribution in [1.82, 2.24) is 30.0 Å². The molecule has 1 fully saturated rings. The summed E-state index contributed by atoms with van der Waals surface area (Å²) >= 11 is 0. The Morgan fingerprint density at radius 1 is 1.32 bits per heavy atom. The van der Waals surface area contributed by atoms with Crippen molar-refractivity contribution in [2.24, 2.45) is 0 Å². The monoisotopic (exact) mass is 388 g/mol. The molecular weight excluding hydrogens is 360 g/mol. The Morgan fingerprint density at radius 3 is 2.86 bits per heavy atom. The van der Waals surface area contributed by atoms with E-state index in [9.17, 15) is 4.79 Å². The highest BCUT2D eigenvalue weighted by Crippen LogP contribution is 2.35. The molecule has 1 amide bonds. The number of rotatable bonds is 8. The van der Waals surface area contributed by atoms with E-state index in [4.69, 9.17) is 9.47 Å². The number of amides is 1. The maximum absolute atomic E-state index is 12.9. The summed E-state index contributed by atoms with van der Waals surface area (Å²) in [4.78, 5) is 16.9. The highest BCUT2D eigenvalue weighted by atomic mass is 16.5. The molecule has 152 valence electrons. The van der Waals surface area contributed by atoms with E-state index in [-0.39, 0.29) is 5.91 Å². The van der Waals surface area contributed by atoms with Crippen molar-refractivity contribution in [3.05, 3.63) is 35.7 Å². The van der Waals surface area contributed by atoms with Gasteiger partial charge in [-0.25, -0.2) is 4.68 Å². The quantitative estimate of drug-likeness (QED) is 0.653. The Kier molecular flexibility index (Phi) is 6.25. The fraction of sp³-hybridized carbons (Fsp3) is 0.579. The Hall–Kier alpha value is -2.52. The van der Waals surface area contributed by atoms with Crippen LogP contribution in [0.2, 0.25) is 0 Å². The van der Waals surface area contributed by atoms with Gasteiger partial charge in [0, 0.05) is 20.2 Å². The van der Waals surface area contributed by atoms with Crippen molar-refractivity contribution >= 4 is 5.91 Å². The minimum absolute atomic E-state index is 0.0906. The van der Waals surface area contributed by atoms with Crippen LogP contribution < -0.4 is 4.74 Å². The number of tetrazole rings is 1. The van der Waals surface area contributed by atoms with E-state index in [1.54, 1.807) is 18.9 Å². The summed E-state index contributed by atoms with van der Waals surface area (Å²) in [6, 6.07) is 7.62. The molecular formula is C19H28N6O3. The van der Waals surface area contributed by atoms with Gasteiger partial charge in [-0.2, -0.15) is 0 Å². The summed E-state index contributed by atoms with van der Waals surface area (Å²) in [7, 11) is 7.29. The lowest BCUT2D eigenvalue weighted by Crippen LogP contribution is -2.47. The number of benzene rings is 1. The first-order valence-electron chi connectivity index (χ1n) is 9.34. The Balaban J connectivity index is 1.76. The van der Waals surface area contributed by atoms with Gasteiger partial charge in [0.1, 0.15) is 11.3 Å². The summed E-state index contributed by atoms with van der Waals surface area (Å²) in [6.07, 6.45) is 1.12. The third kappa shape index (κ3) is 4.00. The number of hydrogen-bond acceptors (Lipinski definition) is 7. The lowest BCUT2D eigenvalue weighted by molar-refractivity contribution is -0.130. The van der Waals surface area contributed by atoms with Crippen LogP contribution in [0.25, 0.3) is 0 Å². The molecule has 1 aliphatic rings. The molecule has 0 spiro atoms. The largest absolute Gasteiger partial charge is 0.497 e. The molecule has 1 aliphatic heterocycles. The second-order valence-corrected chi connectivity index (χ2v) is 7.24.